The van der Waals surface area contributed by atoms with E-state index in [-0.39, 0.29) is 34.1 Å². The highest BCUT2D eigenvalue weighted by molar-refractivity contribution is 6.03. The molecule has 0 fully saturated rings. The van der Waals surface area contributed by atoms with Gasteiger partial charge in [-0.2, -0.15) is 0 Å². The summed E-state index contributed by atoms with van der Waals surface area (Å²) >= 11 is 0. The Hall–Kier alpha value is -14.2. The first-order valence-electron chi connectivity index (χ1n) is 37.2. The Bertz CT molecular complexity index is 6610. The summed E-state index contributed by atoms with van der Waals surface area (Å²) in [4.78, 5) is 41.0. The molecular weight excluding hydrogens is 1430 g/mol. The minimum atomic E-state index is -0.511. The van der Waals surface area contributed by atoms with Gasteiger partial charge in [-0.25, -0.2) is 46.3 Å². The van der Waals surface area contributed by atoms with Gasteiger partial charge in [-0.15, -0.1) is 0 Å². The van der Waals surface area contributed by atoms with Gasteiger partial charge < -0.3 is 24.0 Å². The van der Waals surface area contributed by atoms with Crippen LogP contribution in [0.25, 0.3) is 116 Å². The summed E-state index contributed by atoms with van der Waals surface area (Å²) in [6, 6.07) is 71.9. The third-order valence-corrected chi connectivity index (χ3v) is 21.4. The molecule has 0 unspecified atom stereocenters. The molecule has 22 rings (SSSR count). The molecule has 0 amide bonds. The third-order valence-electron chi connectivity index (χ3n) is 21.4. The van der Waals surface area contributed by atoms with Crippen molar-refractivity contribution in [2.24, 2.45) is 0 Å². The lowest BCUT2D eigenvalue weighted by molar-refractivity contribution is 0.357. The lowest BCUT2D eigenvalue weighted by atomic mass is 9.99. The van der Waals surface area contributed by atoms with E-state index in [1.54, 1.807) is 67.4 Å². The predicted molar refractivity (Wildman–Crippen MR) is 435 cm³/mol. The number of para-hydroxylation sites is 4. The van der Waals surface area contributed by atoms with Crippen LogP contribution < -0.4 is 19.4 Å². The van der Waals surface area contributed by atoms with Crippen molar-refractivity contribution in [1.82, 2.24) is 44.4 Å². The van der Waals surface area contributed by atoms with Crippen LogP contribution in [0.5, 0.6) is 5.75 Å². The van der Waals surface area contributed by atoms with Gasteiger partial charge in [-0.3, -0.25) is 19.9 Å². The van der Waals surface area contributed by atoms with Gasteiger partial charge in [0, 0.05) is 148 Å². The average molecular weight is 1490 g/mol. The van der Waals surface area contributed by atoms with Gasteiger partial charge in [0.2, 0.25) is 0 Å². The van der Waals surface area contributed by atoms with E-state index < -0.39 is 23.3 Å². The molecule has 9 aromatic carbocycles. The van der Waals surface area contributed by atoms with Crippen LogP contribution in [-0.2, 0) is 25.7 Å². The number of halogens is 6. The molecule has 0 saturated heterocycles. The molecule has 18 aromatic rings. The molecule has 0 atom stereocenters. The monoisotopic (exact) mass is 1490 g/mol. The molecule has 548 valence electrons. The summed E-state index contributed by atoms with van der Waals surface area (Å²) < 4.78 is 99.9. The van der Waals surface area contributed by atoms with E-state index in [9.17, 15) is 8.78 Å². The molecule has 9 aromatic heterocycles. The van der Waals surface area contributed by atoms with Crippen LogP contribution in [0.1, 0.15) is 22.3 Å². The molecule has 0 bridgehead atoms. The Morgan fingerprint density at radius 1 is 0.310 bits per heavy atom. The number of anilines is 6. The first-order valence-corrected chi connectivity index (χ1v) is 37.2. The van der Waals surface area contributed by atoms with Gasteiger partial charge in [0.15, 0.2) is 23.3 Å². The standard InChI is InChI=1S/C26H18FN3.C24H16FN3O.2C22H15F2N3/c27-24-25(20-10-5-7-17-6-1-2-8-19(17)20)29-22-11-4-3-9-21(22)26(24)30-15-13-18-16-28-14-12-23(18)30;25-22-23(16-5-6-21-15(13-16)9-12-29-21)27-19-4-2-1-3-18(19)24(22)28-11-8-17-14-26-10-7-20(17)28;2*23-17-7-3-1-5-15(17)21-20(24)22(16-6-2-4-8-18(16)26-21)27-12-10-14-13-25-11-9-19(14)27/h1-12,14,16H,13,15H2;1-8,10-11,13-14H,9,12H2;2*1-9,11,13H,10,12H2. The quantitative estimate of drug-likeness (QED) is 0.134. The largest absolute Gasteiger partial charge is 0.493 e. The van der Waals surface area contributed by atoms with Crippen LogP contribution in [0.3, 0.4) is 0 Å². The van der Waals surface area contributed by atoms with E-state index in [0.29, 0.717) is 75.6 Å². The summed E-state index contributed by atoms with van der Waals surface area (Å²) in [5, 5.41) is 6.04. The Labute approximate surface area is 644 Å². The van der Waals surface area contributed by atoms with E-state index in [4.69, 9.17) is 9.72 Å². The van der Waals surface area contributed by atoms with Crippen LogP contribution in [0.15, 0.2) is 292 Å². The molecule has 19 heteroatoms. The molecule has 0 radical (unpaired) electrons. The van der Waals surface area contributed by atoms with Crippen LogP contribution in [-0.4, -0.2) is 70.7 Å². The first kappa shape index (κ1) is 69.3. The molecule has 4 aliphatic rings. The molecule has 0 spiro atoms. The molecular formula is C94H64F6N12O. The van der Waals surface area contributed by atoms with E-state index in [1.165, 1.54) is 12.1 Å². The summed E-state index contributed by atoms with van der Waals surface area (Å²) in [7, 11) is 0. The van der Waals surface area contributed by atoms with Crippen molar-refractivity contribution in [3.05, 3.63) is 350 Å². The second-order valence-electron chi connectivity index (χ2n) is 27.8. The van der Waals surface area contributed by atoms with Crippen molar-refractivity contribution in [2.75, 3.05) is 40.9 Å². The van der Waals surface area contributed by atoms with Crippen molar-refractivity contribution >= 4 is 99.4 Å². The van der Waals surface area contributed by atoms with Gasteiger partial charge in [-0.1, -0.05) is 140 Å². The summed E-state index contributed by atoms with van der Waals surface area (Å²) in [6.07, 6.45) is 19.3. The fraction of sp³-hybridized carbons (Fsp3) is 0.0851. The van der Waals surface area contributed by atoms with Crippen LogP contribution in [0.2, 0.25) is 0 Å². The van der Waals surface area contributed by atoms with Crippen LogP contribution >= 0.6 is 0 Å². The Morgan fingerprint density at radius 3 is 1.21 bits per heavy atom. The number of hydrogen-bond donors (Lipinski definition) is 0. The van der Waals surface area contributed by atoms with Gasteiger partial charge >= 0.3 is 0 Å². The molecule has 113 heavy (non-hydrogen) atoms. The van der Waals surface area contributed by atoms with E-state index in [1.807, 2.05) is 227 Å². The molecule has 13 heterocycles. The summed E-state index contributed by atoms with van der Waals surface area (Å²) in [6.45, 7) is 2.67. The van der Waals surface area contributed by atoms with Crippen molar-refractivity contribution in [3.63, 3.8) is 0 Å². The lowest BCUT2D eigenvalue weighted by Crippen LogP contribution is -2.16. The zero-order valence-electron chi connectivity index (χ0n) is 60.4. The Morgan fingerprint density at radius 2 is 0.708 bits per heavy atom. The normalized spacial score (nSPS) is 13.1. The average Bonchev–Trinajstić information content (AvgIpc) is 1.75. The summed E-state index contributed by atoms with van der Waals surface area (Å²) in [5.41, 5.74) is 15.7. The van der Waals surface area contributed by atoms with Gasteiger partial charge in [0.05, 0.1) is 56.9 Å². The number of benzene rings is 9. The van der Waals surface area contributed by atoms with Crippen LogP contribution in [0.4, 0.5) is 60.5 Å². The maximum atomic E-state index is 16.2. The molecule has 0 aliphatic carbocycles. The maximum absolute atomic E-state index is 16.2. The minimum Gasteiger partial charge on any atom is -0.493 e. The second-order valence-corrected chi connectivity index (χ2v) is 27.8. The van der Waals surface area contributed by atoms with Gasteiger partial charge in [0.25, 0.3) is 0 Å². The van der Waals surface area contributed by atoms with E-state index >= 15 is 17.6 Å². The lowest BCUT2D eigenvalue weighted by Gasteiger charge is -2.23. The molecule has 13 nitrogen and oxygen atoms in total. The highest BCUT2D eigenvalue weighted by Crippen LogP contribution is 2.47. The van der Waals surface area contributed by atoms with Crippen LogP contribution in [0, 0.1) is 34.9 Å². The Balaban J connectivity index is 0.000000101. The zero-order chi connectivity index (χ0) is 76.2. The number of aromatic nitrogens is 9. The van der Waals surface area contributed by atoms with Gasteiger partial charge in [0.1, 0.15) is 40.2 Å². The third kappa shape index (κ3) is 12.5. The minimum absolute atomic E-state index is 0.0318. The Kier molecular flexibility index (Phi) is 18.0. The number of nitrogens with zero attached hydrogens (tertiary/aromatic N) is 12. The highest BCUT2D eigenvalue weighted by atomic mass is 19.1. The maximum Gasteiger partial charge on any atom is 0.174 e. The van der Waals surface area contributed by atoms with Crippen molar-refractivity contribution in [1.29, 1.82) is 0 Å². The van der Waals surface area contributed by atoms with Gasteiger partial charge in [-0.05, 0) is 149 Å². The van der Waals surface area contributed by atoms with E-state index in [0.717, 1.165) is 132 Å². The zero-order valence-corrected chi connectivity index (χ0v) is 60.4. The number of pyridine rings is 8. The van der Waals surface area contributed by atoms with Crippen molar-refractivity contribution in [3.8, 4) is 56.5 Å². The fourth-order valence-corrected chi connectivity index (χ4v) is 16.1. The highest BCUT2D eigenvalue weighted by Gasteiger charge is 2.33. The smallest absolute Gasteiger partial charge is 0.174 e. The number of ether oxygens (including phenoxy) is 1. The number of hydrogen-bond acceptors (Lipinski definition) is 12. The predicted octanol–water partition coefficient (Wildman–Crippen LogP) is 22.1. The first-order chi connectivity index (χ1) is 55.6. The SMILES string of the molecule is Fc1c(-c2ccc3c(c2)CCO3)nc2ccccc2c1-n1ccc2cnccc21.Fc1c(-c2cccc3ccccc23)nc2ccccc2c1N1CCc2cnccc21.Fc1ccccc1-c1nc2ccccc2c(N2CCc3cnccc32)c1F.Fc1ccccc1-c1nc2ccccc2c(N2CCc3cnccc32)c1F. The summed E-state index contributed by atoms with van der Waals surface area (Å²) in [5.74, 6) is -1.75. The number of fused-ring (bicyclic) bond motifs is 10. The van der Waals surface area contributed by atoms with E-state index in [2.05, 4.69) is 39.8 Å². The fourth-order valence-electron chi connectivity index (χ4n) is 16.1. The molecule has 0 N–H and O–H groups in total. The molecule has 4 aliphatic heterocycles. The number of rotatable bonds is 8. The topological polar surface area (TPSA) is 127 Å². The molecule has 0 saturated carbocycles. The second kappa shape index (κ2) is 29.3. The van der Waals surface area contributed by atoms with Crippen molar-refractivity contribution in [2.45, 2.75) is 25.7 Å². The van der Waals surface area contributed by atoms with Crippen molar-refractivity contribution < 1.29 is 31.1 Å².